The number of esters is 6. The lowest BCUT2D eigenvalue weighted by atomic mass is 10.1. The normalized spacial score (nSPS) is 14.9. The number of aliphatic hydroxyl groups excluding tert-OH is 2. The number of rotatable bonds is 34. The number of nitrogens with one attached hydrogen (secondary N) is 3. The molecule has 0 spiro atoms. The van der Waals surface area contributed by atoms with Crippen molar-refractivity contribution in [2.24, 2.45) is 0 Å². The molecule has 142 heavy (non-hydrogen) atoms. The maximum absolute atomic E-state index is 14.2. The molecule has 4 saturated heterocycles. The molecular formula is C101H117F4N11O26. The molecule has 4 fully saturated rings. The van der Waals surface area contributed by atoms with Crippen LogP contribution < -0.4 is 45.0 Å². The van der Waals surface area contributed by atoms with Crippen molar-refractivity contribution in [1.29, 1.82) is 0 Å². The standard InChI is InChI=1S/C31H36FN3O7.C27H32FN3O5.C25H28FN3O7.C18H21FN2O7/c1-4-5-6-9-20-40-25-14-12-24(13-15-25)21-33-30(38)28(41-22(2)36)29(42-23(3)37)31(39)35-18-16-34(17-19-35)27-11-8-7-10-26(27)32;1-2-3-4-7-18-36-21-12-10-20(11-13-21)19-29-26(34)24(32)25(33)27(35)31-16-14-30(15-17-31)23-9-6-5-8-22(23)28;1-16(30)35-22(24(33)27-15-18-7-9-19(32)10-8-18)23(36-17(2)31)25(34)29-13-11-28(12-14-29)21-6-4-3-5-20(21)26;1-11(22)27-15(16(18(25)26)28-12(2)23)17(24)21-9-7-20(8-10-21)14-6-4-3-5-13(14)19/h7-8,10-15,28-29H,4,9,16-21H2,1-3H3,(H,33,38);5-6,8-13,24-25,32-33H,2,7,14-19H2,1H3,(H,29,34);3-10,22-23,32H,11-15H2,1-2H3,(H,27,33);3-6,15-16H,7-10H2,1-2H3,(H,25,26)/t28-,29-;24-,25-;22-,23-;15-,16-/m1111/s1. The second-order valence-corrected chi connectivity index (χ2v) is 32.2. The molecule has 0 aliphatic carbocycles. The van der Waals surface area contributed by atoms with Crippen molar-refractivity contribution < 1.29 is 143 Å². The van der Waals surface area contributed by atoms with Crippen LogP contribution in [0.3, 0.4) is 0 Å². The van der Waals surface area contributed by atoms with Gasteiger partial charge in [0.1, 0.15) is 40.5 Å². The van der Waals surface area contributed by atoms with Crippen LogP contribution in [0.1, 0.15) is 97.8 Å². The zero-order valence-corrected chi connectivity index (χ0v) is 79.8. The molecule has 4 aliphatic heterocycles. The molecule has 0 saturated carbocycles. The number of carbonyl (C=O) groups is 14. The predicted octanol–water partition coefficient (Wildman–Crippen LogP) is 6.31. The Kier molecular flexibility index (Phi) is 45.0. The second kappa shape index (κ2) is 57.1. The van der Waals surface area contributed by atoms with Crippen molar-refractivity contribution in [3.8, 4) is 40.9 Å². The number of benzene rings is 7. The summed E-state index contributed by atoms with van der Waals surface area (Å²) in [6.45, 7) is 15.5. The molecule has 37 nitrogen and oxygen atoms in total. The number of aliphatic hydroxyl groups is 2. The fraction of sp³-hybridized carbons (Fsp3) is 0.406. The molecular weight excluding hydrogens is 1860 g/mol. The van der Waals surface area contributed by atoms with E-state index in [2.05, 4.69) is 44.4 Å². The van der Waals surface area contributed by atoms with Crippen LogP contribution in [0.2, 0.25) is 0 Å². The number of aromatic hydroxyl groups is 1. The van der Waals surface area contributed by atoms with Gasteiger partial charge in [-0.25, -0.2) is 22.4 Å². The van der Waals surface area contributed by atoms with E-state index in [-0.39, 0.29) is 101 Å². The van der Waals surface area contributed by atoms with E-state index < -0.39 is 132 Å². The quantitative estimate of drug-likeness (QED) is 0.00763. The zero-order valence-electron chi connectivity index (χ0n) is 79.8. The van der Waals surface area contributed by atoms with E-state index in [0.717, 1.165) is 65.5 Å². The van der Waals surface area contributed by atoms with E-state index in [4.69, 9.17) is 33.2 Å². The van der Waals surface area contributed by atoms with Gasteiger partial charge in [0.25, 0.3) is 41.4 Å². The molecule has 7 aromatic carbocycles. The monoisotopic (exact) mass is 1980 g/mol. The van der Waals surface area contributed by atoms with E-state index >= 15 is 0 Å². The Labute approximate surface area is 818 Å². The highest BCUT2D eigenvalue weighted by Gasteiger charge is 2.46. The summed E-state index contributed by atoms with van der Waals surface area (Å²) in [5.74, 6) is -0.300. The number of nitrogens with zero attached hydrogens (tertiary/aromatic N) is 8. The maximum atomic E-state index is 14.2. The van der Waals surface area contributed by atoms with Crippen molar-refractivity contribution in [2.75, 3.05) is 138 Å². The lowest BCUT2D eigenvalue weighted by molar-refractivity contribution is -0.183. The maximum Gasteiger partial charge on any atom is 0.349 e. The van der Waals surface area contributed by atoms with Crippen LogP contribution in [0.5, 0.6) is 17.2 Å². The van der Waals surface area contributed by atoms with Crippen LogP contribution in [0, 0.1) is 47.0 Å². The first kappa shape index (κ1) is 112. The summed E-state index contributed by atoms with van der Waals surface area (Å²) in [7, 11) is 0. The minimum absolute atomic E-state index is 0.0131. The SMILES string of the molecule is CC(=O)O[C@@H](C(=O)NCc1ccc(O)cc1)[C@@H](OC(C)=O)C(=O)N1CCN(c2ccccc2F)CC1.CC(=O)O[C@@H](C(=O)O)[C@@H](OC(C)=O)C(=O)N1CCN(c2ccccc2F)CC1.CCC#CCCOc1ccc(CNC(=O)[C@H](O)[C@@H](O)C(=O)N2CCN(c3ccccc3F)CC2)cc1.CCC#CCCOc1ccc(CNC(=O)[C@H](OC(C)=O)[C@@H](OC(C)=O)C(=O)N2CCN(c3ccccc3F)CC2)cc1. The molecule has 7 N–H and O–H groups in total. The van der Waals surface area contributed by atoms with Crippen molar-refractivity contribution in [2.45, 2.75) is 150 Å². The van der Waals surface area contributed by atoms with E-state index in [0.29, 0.717) is 118 Å². The average Bonchev–Trinajstić information content (AvgIpc) is 0.814. The van der Waals surface area contributed by atoms with Gasteiger partial charge in [0.15, 0.2) is 12.2 Å². The third-order valence-corrected chi connectivity index (χ3v) is 21.8. The summed E-state index contributed by atoms with van der Waals surface area (Å²) in [5.41, 5.74) is 3.80. The summed E-state index contributed by atoms with van der Waals surface area (Å²) in [6.07, 6.45) is -11.5. The van der Waals surface area contributed by atoms with Gasteiger partial charge in [-0.15, -0.1) is 11.8 Å². The summed E-state index contributed by atoms with van der Waals surface area (Å²) < 4.78 is 97.8. The van der Waals surface area contributed by atoms with E-state index in [1.165, 1.54) is 56.0 Å². The van der Waals surface area contributed by atoms with Gasteiger partial charge in [0.05, 0.1) is 36.0 Å². The highest BCUT2D eigenvalue weighted by atomic mass is 19.1. The summed E-state index contributed by atoms with van der Waals surface area (Å²) in [6, 6.07) is 45.4. The molecule has 0 radical (unpaired) electrons. The Morgan fingerprint density at radius 3 is 0.831 bits per heavy atom. The summed E-state index contributed by atoms with van der Waals surface area (Å²) >= 11 is 0. The number of carbonyl (C=O) groups excluding carboxylic acids is 13. The van der Waals surface area contributed by atoms with Gasteiger partial charge in [0.2, 0.25) is 36.6 Å². The number of para-hydroxylation sites is 4. The largest absolute Gasteiger partial charge is 0.508 e. The highest BCUT2D eigenvalue weighted by Crippen LogP contribution is 2.28. The van der Waals surface area contributed by atoms with Crippen LogP contribution in [0.15, 0.2) is 170 Å². The van der Waals surface area contributed by atoms with Gasteiger partial charge in [-0.05, 0) is 102 Å². The number of hydrogen-bond donors (Lipinski definition) is 7. The molecule has 7 aromatic rings. The predicted molar refractivity (Wildman–Crippen MR) is 507 cm³/mol. The Hall–Kier alpha value is -15.5. The zero-order chi connectivity index (χ0) is 103. The lowest BCUT2D eigenvalue weighted by Gasteiger charge is -2.38. The third-order valence-electron chi connectivity index (χ3n) is 21.8. The molecule has 760 valence electrons. The van der Waals surface area contributed by atoms with Crippen LogP contribution in [0.4, 0.5) is 40.3 Å². The number of piperazine rings is 4. The van der Waals surface area contributed by atoms with E-state index in [9.17, 15) is 105 Å². The van der Waals surface area contributed by atoms with Crippen LogP contribution in [-0.4, -0.2) is 290 Å². The van der Waals surface area contributed by atoms with Crippen molar-refractivity contribution >= 4 is 106 Å². The number of hydrogen-bond acceptors (Lipinski definition) is 29. The Bertz CT molecular complexity index is 5580. The minimum Gasteiger partial charge on any atom is -0.508 e. The molecule has 0 unspecified atom stereocenters. The van der Waals surface area contributed by atoms with Crippen LogP contribution in [0.25, 0.3) is 0 Å². The number of phenolic OH excluding ortho intramolecular Hbond substituents is 1. The highest BCUT2D eigenvalue weighted by molar-refractivity contribution is 5.96. The van der Waals surface area contributed by atoms with Crippen molar-refractivity contribution in [1.82, 2.24) is 35.6 Å². The van der Waals surface area contributed by atoms with Gasteiger partial charge in [-0.3, -0.25) is 62.3 Å². The van der Waals surface area contributed by atoms with Gasteiger partial charge in [-0.1, -0.05) is 111 Å². The number of amides is 7. The molecule has 41 heteroatoms. The number of carboxylic acid groups (broad SMARTS) is 1. The smallest absolute Gasteiger partial charge is 0.349 e. The Balaban J connectivity index is 0.000000234. The van der Waals surface area contributed by atoms with Gasteiger partial charge < -0.3 is 113 Å². The van der Waals surface area contributed by atoms with Gasteiger partial charge >= 0.3 is 41.8 Å². The number of phenols is 1. The van der Waals surface area contributed by atoms with E-state index in [1.807, 2.05) is 18.7 Å². The number of aliphatic carboxylic acids is 1. The van der Waals surface area contributed by atoms with Gasteiger partial charge in [0, 0.05) is 192 Å². The van der Waals surface area contributed by atoms with Crippen LogP contribution >= 0.6 is 0 Å². The molecule has 0 bridgehead atoms. The molecule has 11 rings (SSSR count). The number of ether oxygens (including phenoxy) is 8. The summed E-state index contributed by atoms with van der Waals surface area (Å²) in [5, 5.41) is 47.0. The molecule has 7 amide bonds. The first-order valence-corrected chi connectivity index (χ1v) is 45.7. The first-order valence-electron chi connectivity index (χ1n) is 45.7. The molecule has 0 aromatic heterocycles. The van der Waals surface area contributed by atoms with Gasteiger partial charge in [-0.2, -0.15) is 0 Å². The van der Waals surface area contributed by atoms with Crippen molar-refractivity contribution in [3.63, 3.8) is 0 Å². The van der Waals surface area contributed by atoms with Crippen LogP contribution in [-0.2, 0) is 115 Å². The van der Waals surface area contributed by atoms with E-state index in [1.54, 1.807) is 148 Å². The topological polar surface area (TPSA) is 456 Å². The fourth-order valence-electron chi connectivity index (χ4n) is 14.8. The second-order valence-electron chi connectivity index (χ2n) is 32.2. The molecule has 8 atom stereocenters. The number of carboxylic acids is 1. The Morgan fingerprint density at radius 1 is 0.317 bits per heavy atom. The number of halogens is 4. The number of anilines is 4. The minimum atomic E-state index is -1.96. The summed E-state index contributed by atoms with van der Waals surface area (Å²) in [4.78, 5) is 185. The third kappa shape index (κ3) is 35.4. The average molecular weight is 1980 g/mol. The first-order chi connectivity index (χ1) is 67.9. The molecule has 4 heterocycles. The molecule has 4 aliphatic rings. The Morgan fingerprint density at radius 2 is 0.563 bits per heavy atom. The van der Waals surface area contributed by atoms with Crippen molar-refractivity contribution in [3.05, 3.63) is 210 Å². The lowest BCUT2D eigenvalue weighted by Crippen LogP contribution is -2.57. The fourth-order valence-corrected chi connectivity index (χ4v) is 14.8.